The number of carbonyl (C=O) groups is 2. The Morgan fingerprint density at radius 2 is 2.00 bits per heavy atom. The van der Waals surface area contributed by atoms with Crippen molar-refractivity contribution in [3.63, 3.8) is 0 Å². The fourth-order valence-electron chi connectivity index (χ4n) is 3.07. The number of nitriles is 1. The fourth-order valence-corrected chi connectivity index (χ4v) is 5.36. The maximum atomic E-state index is 12.4. The molecule has 0 unspecified atom stereocenters. The van der Waals surface area contributed by atoms with E-state index in [0.717, 1.165) is 11.3 Å². The first-order chi connectivity index (χ1) is 14.8. The van der Waals surface area contributed by atoms with E-state index >= 15 is 0 Å². The van der Waals surface area contributed by atoms with E-state index in [1.54, 1.807) is 47.4 Å². The molecule has 11 heteroatoms. The van der Waals surface area contributed by atoms with Gasteiger partial charge in [0.1, 0.15) is 0 Å². The zero-order valence-electron chi connectivity index (χ0n) is 16.1. The highest BCUT2D eigenvalue weighted by molar-refractivity contribution is 8.15. The van der Waals surface area contributed by atoms with Crippen LogP contribution >= 0.6 is 11.8 Å². The predicted octanol–water partition coefficient (Wildman–Crippen LogP) is 2.16. The van der Waals surface area contributed by atoms with Crippen molar-refractivity contribution < 1.29 is 22.7 Å². The van der Waals surface area contributed by atoms with Gasteiger partial charge in [0.05, 0.1) is 29.5 Å². The minimum atomic E-state index is -3.46. The third kappa shape index (κ3) is 4.70. The molecular weight excluding hydrogens is 440 g/mol. The summed E-state index contributed by atoms with van der Waals surface area (Å²) in [5.41, 5.74) is 2.40. The molecule has 2 aliphatic rings. The Morgan fingerprint density at radius 1 is 1.23 bits per heavy atom. The van der Waals surface area contributed by atoms with E-state index in [0.29, 0.717) is 22.3 Å². The summed E-state index contributed by atoms with van der Waals surface area (Å²) >= 11 is 1.17. The number of esters is 1. The van der Waals surface area contributed by atoms with Gasteiger partial charge in [-0.3, -0.25) is 4.79 Å². The van der Waals surface area contributed by atoms with Crippen LogP contribution in [-0.2, 0) is 26.0 Å². The molecule has 1 N–H and O–H groups in total. The lowest BCUT2D eigenvalue weighted by Gasteiger charge is -2.22. The largest absolute Gasteiger partial charge is 0.452 e. The number of thioether (sulfide) groups is 1. The van der Waals surface area contributed by atoms with E-state index in [1.807, 2.05) is 6.07 Å². The second-order valence-corrected chi connectivity index (χ2v) is 9.52. The van der Waals surface area contributed by atoms with Gasteiger partial charge in [-0.05, 0) is 47.7 Å². The number of anilines is 2. The summed E-state index contributed by atoms with van der Waals surface area (Å²) in [7, 11) is -3.46. The molecule has 31 heavy (non-hydrogen) atoms. The van der Waals surface area contributed by atoms with Gasteiger partial charge in [-0.15, -0.1) is 4.40 Å². The molecule has 0 aromatic heterocycles. The summed E-state index contributed by atoms with van der Waals surface area (Å²) in [6.45, 7) is -0.150. The van der Waals surface area contributed by atoms with E-state index in [-0.39, 0.29) is 17.7 Å². The highest BCUT2D eigenvalue weighted by Gasteiger charge is 2.33. The number of rotatable bonds is 5. The van der Waals surface area contributed by atoms with Gasteiger partial charge in [-0.1, -0.05) is 12.1 Å². The zero-order chi connectivity index (χ0) is 22.0. The minimum absolute atomic E-state index is 0.0591. The average molecular weight is 457 g/mol. The molecule has 2 heterocycles. The molecule has 0 fully saturated rings. The Hall–Kier alpha value is -3.36. The highest BCUT2D eigenvalue weighted by Crippen LogP contribution is 2.42. The lowest BCUT2D eigenvalue weighted by molar-refractivity contribution is -0.119. The van der Waals surface area contributed by atoms with Gasteiger partial charge in [0.25, 0.3) is 15.9 Å². The SMILES string of the molecule is N#CCc1ccc(NC(=O)COC(=O)c2ccc3c(c2)SC2=NS(=O)(=O)CCN23)cc1. The van der Waals surface area contributed by atoms with Crippen LogP contribution in [0, 0.1) is 11.3 Å². The molecule has 4 rings (SSSR count). The van der Waals surface area contributed by atoms with Crippen molar-refractivity contribution in [2.75, 3.05) is 29.1 Å². The molecular formula is C20H16N4O5S2. The summed E-state index contributed by atoms with van der Waals surface area (Å²) in [5.74, 6) is -1.22. The van der Waals surface area contributed by atoms with Crippen LogP contribution in [0.25, 0.3) is 0 Å². The molecule has 2 aromatic carbocycles. The van der Waals surface area contributed by atoms with Gasteiger partial charge in [0.15, 0.2) is 11.8 Å². The topological polar surface area (TPSA) is 129 Å². The number of amides is 1. The summed E-state index contributed by atoms with van der Waals surface area (Å²) in [6.07, 6.45) is 0.284. The predicted molar refractivity (Wildman–Crippen MR) is 116 cm³/mol. The van der Waals surface area contributed by atoms with Gasteiger partial charge >= 0.3 is 5.97 Å². The van der Waals surface area contributed by atoms with E-state index in [2.05, 4.69) is 9.71 Å². The third-order valence-corrected chi connectivity index (χ3v) is 6.87. The molecule has 2 aliphatic heterocycles. The average Bonchev–Trinajstić information content (AvgIpc) is 3.09. The van der Waals surface area contributed by atoms with Crippen LogP contribution in [0.5, 0.6) is 0 Å². The minimum Gasteiger partial charge on any atom is -0.452 e. The lowest BCUT2D eigenvalue weighted by Crippen LogP contribution is -2.35. The van der Waals surface area contributed by atoms with Crippen molar-refractivity contribution in [1.29, 1.82) is 5.26 Å². The Kier molecular flexibility index (Phi) is 5.67. The normalized spacial score (nSPS) is 15.8. The van der Waals surface area contributed by atoms with Crippen LogP contribution < -0.4 is 10.2 Å². The van der Waals surface area contributed by atoms with Crippen molar-refractivity contribution in [2.24, 2.45) is 4.40 Å². The van der Waals surface area contributed by atoms with Crippen LogP contribution in [0.2, 0.25) is 0 Å². The second kappa shape index (κ2) is 8.41. The second-order valence-electron chi connectivity index (χ2n) is 6.75. The number of ether oxygens (including phenoxy) is 1. The zero-order valence-corrected chi connectivity index (χ0v) is 17.7. The smallest absolute Gasteiger partial charge is 0.338 e. The Balaban J connectivity index is 1.36. The van der Waals surface area contributed by atoms with Gasteiger partial charge in [-0.25, -0.2) is 13.2 Å². The lowest BCUT2D eigenvalue weighted by atomic mass is 10.1. The van der Waals surface area contributed by atoms with E-state index in [9.17, 15) is 18.0 Å². The molecule has 0 atom stereocenters. The first-order valence-electron chi connectivity index (χ1n) is 9.19. The number of hydrogen-bond donors (Lipinski definition) is 1. The number of amidine groups is 1. The highest BCUT2D eigenvalue weighted by atomic mass is 32.2. The molecule has 0 aliphatic carbocycles. The number of carbonyl (C=O) groups excluding carboxylic acids is 2. The number of benzene rings is 2. The maximum absolute atomic E-state index is 12.4. The van der Waals surface area contributed by atoms with Gasteiger partial charge in [0, 0.05) is 17.1 Å². The number of hydrogen-bond acceptors (Lipinski definition) is 8. The quantitative estimate of drug-likeness (QED) is 0.678. The molecule has 0 spiro atoms. The number of sulfonamides is 1. The monoisotopic (exact) mass is 456 g/mol. The van der Waals surface area contributed by atoms with E-state index in [4.69, 9.17) is 10.00 Å². The van der Waals surface area contributed by atoms with E-state index < -0.39 is 28.5 Å². The molecule has 9 nitrogen and oxygen atoms in total. The van der Waals surface area contributed by atoms with Crippen molar-refractivity contribution in [3.8, 4) is 6.07 Å². The van der Waals surface area contributed by atoms with Crippen molar-refractivity contribution in [1.82, 2.24) is 0 Å². The number of nitrogens with zero attached hydrogens (tertiary/aromatic N) is 3. The van der Waals surface area contributed by atoms with Crippen LogP contribution in [0.1, 0.15) is 15.9 Å². The Morgan fingerprint density at radius 3 is 2.74 bits per heavy atom. The first-order valence-corrected chi connectivity index (χ1v) is 11.6. The van der Waals surface area contributed by atoms with Crippen LogP contribution in [-0.4, -0.2) is 44.4 Å². The number of nitrogens with one attached hydrogen (secondary N) is 1. The molecule has 0 bridgehead atoms. The van der Waals surface area contributed by atoms with Gasteiger partial charge in [0.2, 0.25) is 0 Å². The Bertz CT molecular complexity index is 1230. The van der Waals surface area contributed by atoms with Crippen LogP contribution in [0.3, 0.4) is 0 Å². The summed E-state index contributed by atoms with van der Waals surface area (Å²) in [6, 6.07) is 13.7. The van der Waals surface area contributed by atoms with Gasteiger partial charge in [-0.2, -0.15) is 5.26 Å². The number of fused-ring (bicyclic) bond motifs is 3. The van der Waals surface area contributed by atoms with Crippen molar-refractivity contribution >= 4 is 50.2 Å². The van der Waals surface area contributed by atoms with Crippen molar-refractivity contribution in [2.45, 2.75) is 11.3 Å². The molecule has 0 radical (unpaired) electrons. The van der Waals surface area contributed by atoms with Crippen LogP contribution in [0.15, 0.2) is 51.8 Å². The molecule has 1 amide bonds. The summed E-state index contributed by atoms with van der Waals surface area (Å²) in [4.78, 5) is 26.9. The van der Waals surface area contributed by atoms with Gasteiger partial charge < -0.3 is 15.0 Å². The molecule has 158 valence electrons. The fraction of sp³-hybridized carbons (Fsp3) is 0.200. The summed E-state index contributed by atoms with van der Waals surface area (Å²) < 4.78 is 32.3. The molecule has 2 aromatic rings. The van der Waals surface area contributed by atoms with E-state index in [1.165, 1.54) is 11.8 Å². The maximum Gasteiger partial charge on any atom is 0.338 e. The van der Waals surface area contributed by atoms with Crippen molar-refractivity contribution in [3.05, 3.63) is 53.6 Å². The third-order valence-electron chi connectivity index (χ3n) is 4.56. The molecule has 0 saturated heterocycles. The Labute approximate surface area is 182 Å². The first kappa shape index (κ1) is 20.9. The molecule has 0 saturated carbocycles. The summed E-state index contributed by atoms with van der Waals surface area (Å²) in [5, 5.41) is 11.7. The standard InChI is InChI=1S/C20H16N4O5S2/c21-8-7-13-1-4-15(5-2-13)22-18(25)12-29-19(26)14-3-6-16-17(11-14)30-20-23-31(27,28)10-9-24(16)20/h1-6,11H,7,9-10,12H2,(H,22,25). The van der Waals surface area contributed by atoms with Crippen LogP contribution in [0.4, 0.5) is 11.4 Å².